The molecule has 0 aliphatic carbocycles. The van der Waals surface area contributed by atoms with E-state index < -0.39 is 7.41 Å². The molecule has 0 bridgehead atoms. The highest BCUT2D eigenvalue weighted by Crippen LogP contribution is 2.52. The monoisotopic (exact) mass is 413 g/mol. The molecule has 0 fully saturated rings. The Kier molecular flexibility index (Phi) is 6.57. The third-order valence-corrected chi connectivity index (χ3v) is 8.16. The zero-order valence-electron chi connectivity index (χ0n) is 15.0. The molecule has 0 aliphatic rings. The van der Waals surface area contributed by atoms with Crippen molar-refractivity contribution in [2.45, 2.75) is 26.3 Å². The van der Waals surface area contributed by atoms with Crippen molar-refractivity contribution in [2.75, 3.05) is 0 Å². The lowest BCUT2D eigenvalue weighted by Gasteiger charge is -2.33. The number of nitrogens with one attached hydrogen (secondary N) is 1. The predicted octanol–water partition coefficient (Wildman–Crippen LogP) is 1.29. The minimum absolute atomic E-state index is 0. The SMILES string of the molecule is CC(C)(C)N[P+](c1ccccc1)(c1ccccc1)c1ccccc1.[Br-]. The molecule has 25 heavy (non-hydrogen) atoms. The zero-order chi connectivity index (χ0) is 17.0. The summed E-state index contributed by atoms with van der Waals surface area (Å²) in [5.74, 6) is 0. The molecule has 3 aromatic rings. The van der Waals surface area contributed by atoms with E-state index >= 15 is 0 Å². The lowest BCUT2D eigenvalue weighted by molar-refractivity contribution is -0.00000559. The van der Waals surface area contributed by atoms with E-state index in [9.17, 15) is 0 Å². The van der Waals surface area contributed by atoms with Crippen molar-refractivity contribution in [3.8, 4) is 0 Å². The normalized spacial score (nSPS) is 11.6. The Hall–Kier alpha value is -1.47. The maximum atomic E-state index is 4.03. The molecule has 130 valence electrons. The van der Waals surface area contributed by atoms with E-state index in [4.69, 9.17) is 0 Å². The molecule has 0 radical (unpaired) electrons. The average molecular weight is 414 g/mol. The molecular formula is C22H25BrNP. The van der Waals surface area contributed by atoms with E-state index in [1.807, 2.05) is 0 Å². The molecule has 0 aromatic heterocycles. The first-order valence-electron chi connectivity index (χ1n) is 8.38. The molecule has 3 rings (SSSR count). The molecule has 0 atom stereocenters. The summed E-state index contributed by atoms with van der Waals surface area (Å²) in [5, 5.41) is 8.11. The van der Waals surface area contributed by atoms with Crippen molar-refractivity contribution in [3.63, 3.8) is 0 Å². The second-order valence-electron chi connectivity index (χ2n) is 7.04. The summed E-state index contributed by atoms with van der Waals surface area (Å²) in [5.41, 5.74) is -0.00466. The Morgan fingerprint density at radius 3 is 1.08 bits per heavy atom. The van der Waals surface area contributed by atoms with Crippen LogP contribution in [0.15, 0.2) is 91.0 Å². The Bertz CT molecular complexity index is 671. The van der Waals surface area contributed by atoms with E-state index in [1.165, 1.54) is 15.9 Å². The zero-order valence-corrected chi connectivity index (χ0v) is 17.5. The van der Waals surface area contributed by atoms with Crippen LogP contribution in [0.5, 0.6) is 0 Å². The molecule has 0 heterocycles. The van der Waals surface area contributed by atoms with Crippen LogP contribution in [-0.2, 0) is 0 Å². The molecule has 0 spiro atoms. The molecule has 1 N–H and O–H groups in total. The van der Waals surface area contributed by atoms with Crippen LogP contribution in [0.25, 0.3) is 0 Å². The highest BCUT2D eigenvalue weighted by Gasteiger charge is 2.48. The quantitative estimate of drug-likeness (QED) is 0.635. The highest BCUT2D eigenvalue weighted by molar-refractivity contribution is 7.94. The van der Waals surface area contributed by atoms with Gasteiger partial charge in [-0.3, -0.25) is 0 Å². The van der Waals surface area contributed by atoms with Crippen molar-refractivity contribution in [1.82, 2.24) is 5.09 Å². The third-order valence-electron chi connectivity index (χ3n) is 3.93. The number of benzene rings is 3. The summed E-state index contributed by atoms with van der Waals surface area (Å²) in [6.45, 7) is 6.74. The first-order valence-corrected chi connectivity index (χ1v) is 10.2. The molecule has 0 unspecified atom stereocenters. The molecule has 0 amide bonds. The Labute approximate surface area is 162 Å². The van der Waals surface area contributed by atoms with Gasteiger partial charge in [-0.1, -0.05) is 54.6 Å². The summed E-state index contributed by atoms with van der Waals surface area (Å²) in [4.78, 5) is 0. The third kappa shape index (κ3) is 4.39. The van der Waals surface area contributed by atoms with Gasteiger partial charge in [-0.2, -0.15) is 5.09 Å². The summed E-state index contributed by atoms with van der Waals surface area (Å²) in [7, 11) is -1.92. The molecule has 3 aromatic carbocycles. The van der Waals surface area contributed by atoms with Crippen LogP contribution in [0.1, 0.15) is 20.8 Å². The number of hydrogen-bond donors (Lipinski definition) is 1. The molecule has 0 aliphatic heterocycles. The van der Waals surface area contributed by atoms with Gasteiger partial charge < -0.3 is 17.0 Å². The molecular weight excluding hydrogens is 389 g/mol. The second kappa shape index (κ2) is 8.27. The van der Waals surface area contributed by atoms with Gasteiger partial charge in [0.15, 0.2) is 7.41 Å². The summed E-state index contributed by atoms with van der Waals surface area (Å²) in [6, 6.07) is 32.6. The van der Waals surface area contributed by atoms with Gasteiger partial charge in [-0.05, 0) is 57.2 Å². The van der Waals surface area contributed by atoms with E-state index in [0.29, 0.717) is 0 Å². The van der Waals surface area contributed by atoms with Crippen LogP contribution >= 0.6 is 7.41 Å². The smallest absolute Gasteiger partial charge is 0.178 e. The van der Waals surface area contributed by atoms with Crippen LogP contribution in [0.4, 0.5) is 0 Å². The van der Waals surface area contributed by atoms with Crippen molar-refractivity contribution in [2.24, 2.45) is 0 Å². The van der Waals surface area contributed by atoms with E-state index in [0.717, 1.165) is 0 Å². The van der Waals surface area contributed by atoms with Gasteiger partial charge in [-0.25, -0.2) is 0 Å². The number of hydrogen-bond acceptors (Lipinski definition) is 1. The van der Waals surface area contributed by atoms with Gasteiger partial charge in [0.05, 0.1) is 0 Å². The minimum atomic E-state index is -1.92. The molecule has 3 heteroatoms. The van der Waals surface area contributed by atoms with Crippen LogP contribution in [0, 0.1) is 0 Å². The van der Waals surface area contributed by atoms with Crippen molar-refractivity contribution in [3.05, 3.63) is 91.0 Å². The van der Waals surface area contributed by atoms with Gasteiger partial charge in [0, 0.05) is 5.54 Å². The van der Waals surface area contributed by atoms with E-state index in [2.05, 4.69) is 117 Å². The summed E-state index contributed by atoms with van der Waals surface area (Å²) >= 11 is 0. The second-order valence-corrected chi connectivity index (χ2v) is 10.2. The maximum absolute atomic E-state index is 4.03. The topological polar surface area (TPSA) is 12.0 Å². The average Bonchev–Trinajstić information content (AvgIpc) is 2.61. The fourth-order valence-corrected chi connectivity index (χ4v) is 7.24. The molecule has 0 saturated heterocycles. The molecule has 0 saturated carbocycles. The first-order chi connectivity index (χ1) is 11.5. The van der Waals surface area contributed by atoms with E-state index in [1.54, 1.807) is 0 Å². The standard InChI is InChI=1S/C22H25NP.BrH/c1-22(2,3)23-24(19-13-7-4-8-14-19,20-15-9-5-10-16-20)21-17-11-6-12-18-21;/h4-18,23H,1-3H3;1H/q+1;/p-1. The highest BCUT2D eigenvalue weighted by atomic mass is 79.9. The fourth-order valence-electron chi connectivity index (χ4n) is 3.10. The summed E-state index contributed by atoms with van der Waals surface area (Å²) < 4.78 is 0. The lowest BCUT2D eigenvalue weighted by Crippen LogP contribution is -3.00. The minimum Gasteiger partial charge on any atom is -1.00 e. The van der Waals surface area contributed by atoms with Gasteiger partial charge in [0.25, 0.3) is 0 Å². The Morgan fingerprint density at radius 2 is 0.840 bits per heavy atom. The van der Waals surface area contributed by atoms with Crippen LogP contribution in [0.2, 0.25) is 0 Å². The summed E-state index contributed by atoms with van der Waals surface area (Å²) in [6.07, 6.45) is 0. The van der Waals surface area contributed by atoms with Crippen molar-refractivity contribution < 1.29 is 17.0 Å². The van der Waals surface area contributed by atoms with Gasteiger partial charge >= 0.3 is 0 Å². The van der Waals surface area contributed by atoms with E-state index in [-0.39, 0.29) is 22.5 Å². The number of halogens is 1. The predicted molar refractivity (Wildman–Crippen MR) is 108 cm³/mol. The Morgan fingerprint density at radius 1 is 0.560 bits per heavy atom. The largest absolute Gasteiger partial charge is 1.00 e. The van der Waals surface area contributed by atoms with Crippen molar-refractivity contribution >= 4 is 23.3 Å². The molecule has 1 nitrogen and oxygen atoms in total. The van der Waals surface area contributed by atoms with Crippen LogP contribution in [0.3, 0.4) is 0 Å². The first kappa shape index (κ1) is 19.8. The van der Waals surface area contributed by atoms with Gasteiger partial charge in [0.1, 0.15) is 15.9 Å². The maximum Gasteiger partial charge on any atom is 0.178 e. The van der Waals surface area contributed by atoms with Crippen molar-refractivity contribution in [1.29, 1.82) is 0 Å². The van der Waals surface area contributed by atoms with Crippen LogP contribution in [-0.4, -0.2) is 5.54 Å². The lowest BCUT2D eigenvalue weighted by atomic mass is 10.1. The van der Waals surface area contributed by atoms with Crippen LogP contribution < -0.4 is 38.0 Å². The number of rotatable bonds is 4. The van der Waals surface area contributed by atoms with Gasteiger partial charge in [0.2, 0.25) is 0 Å². The fraction of sp³-hybridized carbons (Fsp3) is 0.182. The van der Waals surface area contributed by atoms with Gasteiger partial charge in [-0.15, -0.1) is 0 Å². The Balaban J connectivity index is 0.00000225.